The predicted octanol–water partition coefficient (Wildman–Crippen LogP) is 3.43. The molecule has 7 heteroatoms. The molecule has 1 aromatic heterocycles. The van der Waals surface area contributed by atoms with Gasteiger partial charge in [-0.3, -0.25) is 19.8 Å². The number of fused-ring (bicyclic) bond motifs is 2. The van der Waals surface area contributed by atoms with Crippen molar-refractivity contribution < 1.29 is 9.53 Å². The lowest BCUT2D eigenvalue weighted by atomic mass is 10.1. The predicted molar refractivity (Wildman–Crippen MR) is 115 cm³/mol. The second kappa shape index (κ2) is 7.76. The number of piperazine rings is 1. The Bertz CT molecular complexity index is 1060. The Hall–Kier alpha value is -3.45. The fraction of sp³-hybridized carbons (Fsp3) is 0.261. The zero-order valence-corrected chi connectivity index (χ0v) is 16.6. The minimum absolute atomic E-state index is 0.00563. The normalized spacial score (nSPS) is 20.5. The van der Waals surface area contributed by atoms with Crippen LogP contribution < -0.4 is 4.74 Å². The van der Waals surface area contributed by atoms with E-state index in [9.17, 15) is 4.79 Å². The Labute approximate surface area is 175 Å². The summed E-state index contributed by atoms with van der Waals surface area (Å²) in [6.07, 6.45) is 0.996. The molecule has 0 unspecified atom stereocenters. The number of hydrogen-bond acceptors (Lipinski definition) is 5. The van der Waals surface area contributed by atoms with Gasteiger partial charge in [-0.25, -0.2) is 0 Å². The van der Waals surface area contributed by atoms with Gasteiger partial charge in [-0.15, -0.1) is 0 Å². The van der Waals surface area contributed by atoms with Crippen LogP contribution in [-0.4, -0.2) is 64.5 Å². The first-order chi connectivity index (χ1) is 14.7. The number of para-hydroxylation sites is 2. The van der Waals surface area contributed by atoms with E-state index in [-0.39, 0.29) is 11.9 Å². The summed E-state index contributed by atoms with van der Waals surface area (Å²) in [5.74, 6) is 1.44. The number of nitrogens with zero attached hydrogens (tertiary/aromatic N) is 4. The van der Waals surface area contributed by atoms with Crippen LogP contribution in [0.15, 0.2) is 65.7 Å². The Morgan fingerprint density at radius 2 is 1.93 bits per heavy atom. The lowest BCUT2D eigenvalue weighted by Crippen LogP contribution is -2.48. The molecular weight excluding hydrogens is 378 g/mol. The first kappa shape index (κ1) is 18.6. The van der Waals surface area contributed by atoms with Crippen LogP contribution in [0, 0.1) is 0 Å². The summed E-state index contributed by atoms with van der Waals surface area (Å²) in [6.45, 7) is 5.79. The number of H-pyrrole nitrogens is 1. The highest BCUT2D eigenvalue weighted by Gasteiger charge is 2.45. The summed E-state index contributed by atoms with van der Waals surface area (Å²) in [4.78, 5) is 21.3. The highest BCUT2D eigenvalue weighted by Crippen LogP contribution is 2.34. The molecule has 1 amide bonds. The molecular formula is C23H23N5O2. The van der Waals surface area contributed by atoms with Gasteiger partial charge >= 0.3 is 0 Å². The molecule has 0 spiro atoms. The van der Waals surface area contributed by atoms with Crippen LogP contribution in [0.5, 0.6) is 11.5 Å². The van der Waals surface area contributed by atoms with Crippen LogP contribution in [0.1, 0.15) is 16.9 Å². The van der Waals surface area contributed by atoms with E-state index >= 15 is 0 Å². The Kier molecular flexibility index (Phi) is 4.80. The standard InChI is InChI=1S/C23H23N5O2/c1-24-15-27-13-17-11-16(27)14-28(17)23(29)21-12-20(25-26-21)19-9-5-6-10-22(19)30-18-7-3-2-4-8-18/h2-10,12,16-17H,1,11,13-15H2,(H,25,26)/t16-,17-/m0/s1. The van der Waals surface area contributed by atoms with Gasteiger partial charge < -0.3 is 9.64 Å². The molecule has 2 bridgehead atoms. The monoisotopic (exact) mass is 401 g/mol. The van der Waals surface area contributed by atoms with Crippen LogP contribution in [0.2, 0.25) is 0 Å². The molecule has 2 aliphatic heterocycles. The number of benzene rings is 2. The van der Waals surface area contributed by atoms with Crippen molar-refractivity contribution in [2.45, 2.75) is 18.5 Å². The van der Waals surface area contributed by atoms with Gasteiger partial charge in [-0.1, -0.05) is 30.3 Å². The topological polar surface area (TPSA) is 73.8 Å². The molecule has 1 N–H and O–H groups in total. The van der Waals surface area contributed by atoms with Gasteiger partial charge in [0.1, 0.15) is 17.2 Å². The number of likely N-dealkylation sites (tertiary alicyclic amines) is 2. The SMILES string of the molecule is C=NCN1C[C@@H]2C[C@H]1CN2C(=O)c1cc(-c2ccccc2Oc2ccccc2)n[nH]1. The molecule has 0 radical (unpaired) electrons. The van der Waals surface area contributed by atoms with E-state index in [2.05, 4.69) is 26.8 Å². The molecule has 0 aliphatic carbocycles. The molecule has 2 fully saturated rings. The summed E-state index contributed by atoms with van der Waals surface area (Å²) in [5, 5.41) is 7.33. The number of ether oxygens (including phenoxy) is 1. The zero-order valence-electron chi connectivity index (χ0n) is 16.6. The molecule has 2 aromatic carbocycles. The van der Waals surface area contributed by atoms with Crippen molar-refractivity contribution in [2.24, 2.45) is 4.99 Å². The highest BCUT2D eigenvalue weighted by molar-refractivity contribution is 5.94. The lowest BCUT2D eigenvalue weighted by Gasteiger charge is -2.32. The van der Waals surface area contributed by atoms with E-state index in [4.69, 9.17) is 4.74 Å². The van der Waals surface area contributed by atoms with E-state index < -0.39 is 0 Å². The molecule has 3 aromatic rings. The second-order valence-electron chi connectivity index (χ2n) is 7.72. The van der Waals surface area contributed by atoms with Crippen molar-refractivity contribution in [3.05, 3.63) is 66.4 Å². The summed E-state index contributed by atoms with van der Waals surface area (Å²) >= 11 is 0. The summed E-state index contributed by atoms with van der Waals surface area (Å²) in [6, 6.07) is 19.7. The number of nitrogens with one attached hydrogen (secondary N) is 1. The van der Waals surface area contributed by atoms with Gasteiger partial charge in [-0.2, -0.15) is 5.10 Å². The van der Waals surface area contributed by atoms with Gasteiger partial charge in [0.2, 0.25) is 0 Å². The largest absolute Gasteiger partial charge is 0.457 e. The average Bonchev–Trinajstić information content (AvgIpc) is 3.51. The fourth-order valence-electron chi connectivity index (χ4n) is 4.41. The molecule has 152 valence electrons. The molecule has 3 heterocycles. The third-order valence-electron chi connectivity index (χ3n) is 5.84. The number of aromatic amines is 1. The van der Waals surface area contributed by atoms with Crippen LogP contribution >= 0.6 is 0 Å². The van der Waals surface area contributed by atoms with E-state index in [1.807, 2.05) is 65.6 Å². The molecule has 2 atom stereocenters. The minimum Gasteiger partial charge on any atom is -0.457 e. The quantitative estimate of drug-likeness (QED) is 0.643. The van der Waals surface area contributed by atoms with E-state index in [0.29, 0.717) is 29.8 Å². The van der Waals surface area contributed by atoms with Crippen molar-refractivity contribution in [3.63, 3.8) is 0 Å². The molecule has 2 aliphatic rings. The Morgan fingerprint density at radius 3 is 2.70 bits per heavy atom. The third kappa shape index (κ3) is 3.37. The molecule has 30 heavy (non-hydrogen) atoms. The third-order valence-corrected chi connectivity index (χ3v) is 5.84. The van der Waals surface area contributed by atoms with Crippen LogP contribution in [0.4, 0.5) is 0 Å². The summed E-state index contributed by atoms with van der Waals surface area (Å²) < 4.78 is 6.04. The van der Waals surface area contributed by atoms with Crippen molar-refractivity contribution in [3.8, 4) is 22.8 Å². The van der Waals surface area contributed by atoms with Gasteiger partial charge in [0.05, 0.1) is 12.4 Å². The summed E-state index contributed by atoms with van der Waals surface area (Å²) in [5.41, 5.74) is 2.02. The maximum Gasteiger partial charge on any atom is 0.272 e. The van der Waals surface area contributed by atoms with Crippen molar-refractivity contribution in [1.82, 2.24) is 20.0 Å². The van der Waals surface area contributed by atoms with Crippen molar-refractivity contribution >= 4 is 12.6 Å². The van der Waals surface area contributed by atoms with Gasteiger partial charge in [-0.05, 0) is 43.5 Å². The Morgan fingerprint density at radius 1 is 1.13 bits per heavy atom. The van der Waals surface area contributed by atoms with Crippen LogP contribution in [-0.2, 0) is 0 Å². The molecule has 7 nitrogen and oxygen atoms in total. The maximum absolute atomic E-state index is 13.1. The number of carbonyl (C=O) groups is 1. The second-order valence-corrected chi connectivity index (χ2v) is 7.72. The Balaban J connectivity index is 1.34. The van der Waals surface area contributed by atoms with E-state index in [1.54, 1.807) is 0 Å². The van der Waals surface area contributed by atoms with E-state index in [0.717, 1.165) is 30.8 Å². The van der Waals surface area contributed by atoms with Crippen LogP contribution in [0.3, 0.4) is 0 Å². The van der Waals surface area contributed by atoms with Crippen LogP contribution in [0.25, 0.3) is 11.3 Å². The lowest BCUT2D eigenvalue weighted by molar-refractivity contribution is 0.0622. The van der Waals surface area contributed by atoms with Gasteiger partial charge in [0.25, 0.3) is 5.91 Å². The maximum atomic E-state index is 13.1. The van der Waals surface area contributed by atoms with Crippen molar-refractivity contribution in [1.29, 1.82) is 0 Å². The number of rotatable bonds is 6. The smallest absolute Gasteiger partial charge is 0.272 e. The first-order valence-electron chi connectivity index (χ1n) is 10.1. The van der Waals surface area contributed by atoms with Gasteiger partial charge in [0, 0.05) is 30.7 Å². The number of aromatic nitrogens is 2. The number of aliphatic imine (C=N–C) groups is 1. The van der Waals surface area contributed by atoms with Crippen molar-refractivity contribution in [2.75, 3.05) is 19.8 Å². The molecule has 0 saturated carbocycles. The molecule has 5 rings (SSSR count). The average molecular weight is 401 g/mol. The number of carbonyl (C=O) groups excluding carboxylic acids is 1. The van der Waals surface area contributed by atoms with E-state index in [1.165, 1.54) is 0 Å². The van der Waals surface area contributed by atoms with Gasteiger partial charge in [0.15, 0.2) is 0 Å². The zero-order chi connectivity index (χ0) is 20.5. The minimum atomic E-state index is -0.00563. The molecule has 2 saturated heterocycles. The first-order valence-corrected chi connectivity index (χ1v) is 10.1. The highest BCUT2D eigenvalue weighted by atomic mass is 16.5. The number of amides is 1. The number of hydrogen-bond donors (Lipinski definition) is 1. The summed E-state index contributed by atoms with van der Waals surface area (Å²) in [7, 11) is 0. The fourth-order valence-corrected chi connectivity index (χ4v) is 4.41.